The minimum Gasteiger partial charge on any atom is -0.481 e. The van der Waals surface area contributed by atoms with E-state index in [0.717, 1.165) is 0 Å². The summed E-state index contributed by atoms with van der Waals surface area (Å²) < 4.78 is 0.210. The Hall–Kier alpha value is -3.80. The summed E-state index contributed by atoms with van der Waals surface area (Å²) in [6.07, 6.45) is -0.407. The van der Waals surface area contributed by atoms with Gasteiger partial charge in [0, 0.05) is 35.3 Å². The van der Waals surface area contributed by atoms with Crippen molar-refractivity contribution in [2.24, 2.45) is 0 Å². The van der Waals surface area contributed by atoms with E-state index in [2.05, 4.69) is 20.6 Å². The van der Waals surface area contributed by atoms with Crippen molar-refractivity contribution in [3.05, 3.63) is 56.2 Å². The molecule has 0 saturated carbocycles. The Morgan fingerprint density at radius 1 is 1.06 bits per heavy atom. The second-order valence-corrected chi connectivity index (χ2v) is 7.34. The lowest BCUT2D eigenvalue weighted by molar-refractivity contribution is -0.140. The molecule has 170 valence electrons. The van der Waals surface area contributed by atoms with Gasteiger partial charge in [0.15, 0.2) is 4.77 Å². The SMILES string of the molecule is Cc1[nH]c(=S)[nH]c(=O)c1CCC(=O)Nc1ccc(C(=O)NC(CCC(=O)O)C(=O)O)cc1. The minimum absolute atomic E-state index is 0.0423. The van der Waals surface area contributed by atoms with Crippen LogP contribution >= 0.6 is 12.2 Å². The van der Waals surface area contributed by atoms with Crippen molar-refractivity contribution in [2.75, 3.05) is 5.32 Å². The number of aromatic nitrogens is 2. The number of anilines is 1. The fraction of sp³-hybridized carbons (Fsp3) is 0.300. The number of aryl methyl sites for hydroxylation is 1. The maximum Gasteiger partial charge on any atom is 0.326 e. The first-order valence-electron chi connectivity index (χ1n) is 9.54. The second kappa shape index (κ2) is 11.0. The van der Waals surface area contributed by atoms with E-state index in [9.17, 15) is 24.0 Å². The Morgan fingerprint density at radius 2 is 1.72 bits per heavy atom. The highest BCUT2D eigenvalue weighted by atomic mass is 32.1. The predicted octanol–water partition coefficient (Wildman–Crippen LogP) is 1.36. The standard InChI is InChI=1S/C20H22N4O7S/c1-10-13(18(29)24-20(32)21-10)6-8-15(25)22-12-4-2-11(3-5-12)17(28)23-14(19(30)31)7-9-16(26)27/h2-5,14H,6-9H2,1H3,(H,22,25)(H,23,28)(H,26,27)(H,30,31)(H2,21,24,29,32). The third kappa shape index (κ3) is 7.16. The van der Waals surface area contributed by atoms with E-state index in [1.165, 1.54) is 24.3 Å². The predicted molar refractivity (Wildman–Crippen MR) is 116 cm³/mol. The second-order valence-electron chi connectivity index (χ2n) is 6.93. The minimum atomic E-state index is -1.34. The van der Waals surface area contributed by atoms with Crippen molar-refractivity contribution in [1.82, 2.24) is 15.3 Å². The molecule has 0 radical (unpaired) electrons. The van der Waals surface area contributed by atoms with E-state index in [4.69, 9.17) is 22.4 Å². The van der Waals surface area contributed by atoms with Crippen molar-refractivity contribution in [3.63, 3.8) is 0 Å². The van der Waals surface area contributed by atoms with Crippen LogP contribution in [0, 0.1) is 11.7 Å². The van der Waals surface area contributed by atoms with E-state index in [1.807, 2.05) is 0 Å². The first kappa shape index (κ1) is 24.5. The van der Waals surface area contributed by atoms with Crippen LogP contribution in [0.4, 0.5) is 5.69 Å². The van der Waals surface area contributed by atoms with Gasteiger partial charge < -0.3 is 25.8 Å². The van der Waals surface area contributed by atoms with Crippen LogP contribution in [0.2, 0.25) is 0 Å². The van der Waals surface area contributed by atoms with E-state index < -0.39 is 30.3 Å². The monoisotopic (exact) mass is 462 g/mol. The number of hydrogen-bond donors (Lipinski definition) is 6. The van der Waals surface area contributed by atoms with E-state index in [0.29, 0.717) is 16.9 Å². The molecule has 0 aliphatic heterocycles. The van der Waals surface area contributed by atoms with Gasteiger partial charge in [-0.25, -0.2) is 4.79 Å². The molecule has 11 nitrogen and oxygen atoms in total. The van der Waals surface area contributed by atoms with Crippen molar-refractivity contribution < 1.29 is 29.4 Å². The Kier molecular flexibility index (Phi) is 8.41. The zero-order valence-corrected chi connectivity index (χ0v) is 17.9. The lowest BCUT2D eigenvalue weighted by Gasteiger charge is -2.14. The van der Waals surface area contributed by atoms with E-state index >= 15 is 0 Å². The first-order valence-corrected chi connectivity index (χ1v) is 9.95. The van der Waals surface area contributed by atoms with Crippen LogP contribution in [-0.4, -0.2) is 50.0 Å². The molecule has 2 amide bonds. The Morgan fingerprint density at radius 3 is 2.28 bits per heavy atom. The van der Waals surface area contributed by atoms with Gasteiger partial charge in [0.05, 0.1) is 0 Å². The molecule has 0 bridgehead atoms. The quantitative estimate of drug-likeness (QED) is 0.286. The molecule has 0 aliphatic rings. The number of amides is 2. The average molecular weight is 462 g/mol. The molecule has 2 aromatic rings. The number of carbonyl (C=O) groups excluding carboxylic acids is 2. The van der Waals surface area contributed by atoms with Crippen molar-refractivity contribution in [3.8, 4) is 0 Å². The zero-order valence-electron chi connectivity index (χ0n) is 17.1. The van der Waals surface area contributed by atoms with Gasteiger partial charge in [-0.2, -0.15) is 0 Å². The van der Waals surface area contributed by atoms with Crippen LogP contribution in [-0.2, 0) is 20.8 Å². The van der Waals surface area contributed by atoms with Gasteiger partial charge in [0.2, 0.25) is 5.91 Å². The van der Waals surface area contributed by atoms with Crippen molar-refractivity contribution in [1.29, 1.82) is 0 Å². The molecule has 0 spiro atoms. The molecule has 32 heavy (non-hydrogen) atoms. The number of aliphatic carboxylic acids is 2. The van der Waals surface area contributed by atoms with Crippen LogP contribution in [0.15, 0.2) is 29.1 Å². The number of carbonyl (C=O) groups is 4. The smallest absolute Gasteiger partial charge is 0.326 e. The number of carboxylic acids is 2. The lowest BCUT2D eigenvalue weighted by Crippen LogP contribution is -2.41. The van der Waals surface area contributed by atoms with Crippen molar-refractivity contribution in [2.45, 2.75) is 38.6 Å². The molecule has 2 rings (SSSR count). The molecular formula is C20H22N4O7S. The highest BCUT2D eigenvalue weighted by molar-refractivity contribution is 7.71. The molecule has 6 N–H and O–H groups in total. The number of nitrogens with one attached hydrogen (secondary N) is 4. The molecule has 1 unspecified atom stereocenters. The number of rotatable bonds is 10. The summed E-state index contributed by atoms with van der Waals surface area (Å²) in [6, 6.07) is 4.40. The summed E-state index contributed by atoms with van der Waals surface area (Å²) in [5.74, 6) is -3.53. The molecular weight excluding hydrogens is 440 g/mol. The van der Waals surface area contributed by atoms with Crippen LogP contribution in [0.25, 0.3) is 0 Å². The fourth-order valence-corrected chi connectivity index (χ4v) is 3.11. The zero-order chi connectivity index (χ0) is 23.8. The Labute approximate surface area is 186 Å². The maximum absolute atomic E-state index is 12.2. The highest BCUT2D eigenvalue weighted by Gasteiger charge is 2.21. The molecule has 12 heteroatoms. The number of benzene rings is 1. The maximum atomic E-state index is 12.2. The summed E-state index contributed by atoms with van der Waals surface area (Å²) >= 11 is 4.89. The third-order valence-corrected chi connectivity index (χ3v) is 4.74. The topological polar surface area (TPSA) is 181 Å². The van der Waals surface area contributed by atoms with E-state index in [-0.39, 0.29) is 41.1 Å². The summed E-state index contributed by atoms with van der Waals surface area (Å²) in [5.41, 5.74) is 1.22. The number of aromatic amines is 2. The summed E-state index contributed by atoms with van der Waals surface area (Å²) in [5, 5.41) is 22.7. The molecule has 1 heterocycles. The Bertz CT molecular complexity index is 1140. The fourth-order valence-electron chi connectivity index (χ4n) is 2.86. The van der Waals surface area contributed by atoms with Crippen molar-refractivity contribution >= 4 is 41.7 Å². The van der Waals surface area contributed by atoms with Gasteiger partial charge in [-0.3, -0.25) is 24.2 Å². The van der Waals surface area contributed by atoms with Crippen LogP contribution in [0.3, 0.4) is 0 Å². The molecule has 0 saturated heterocycles. The molecule has 1 atom stereocenters. The van der Waals surface area contributed by atoms with Gasteiger partial charge in [-0.05, 0) is 56.2 Å². The van der Waals surface area contributed by atoms with Crippen LogP contribution < -0.4 is 16.2 Å². The number of H-pyrrole nitrogens is 2. The van der Waals surface area contributed by atoms with Gasteiger partial charge in [0.25, 0.3) is 11.5 Å². The molecule has 0 aliphatic carbocycles. The average Bonchev–Trinajstić information content (AvgIpc) is 2.70. The number of carboxylic acid groups (broad SMARTS) is 2. The van der Waals surface area contributed by atoms with E-state index in [1.54, 1.807) is 6.92 Å². The third-order valence-electron chi connectivity index (χ3n) is 4.54. The molecule has 1 aromatic heterocycles. The van der Waals surface area contributed by atoms with Gasteiger partial charge in [0.1, 0.15) is 6.04 Å². The van der Waals surface area contributed by atoms with Crippen LogP contribution in [0.1, 0.15) is 40.9 Å². The first-order chi connectivity index (χ1) is 15.1. The van der Waals surface area contributed by atoms with Gasteiger partial charge in [-0.15, -0.1) is 0 Å². The molecule has 0 fully saturated rings. The van der Waals surface area contributed by atoms with Gasteiger partial charge >= 0.3 is 11.9 Å². The highest BCUT2D eigenvalue weighted by Crippen LogP contribution is 2.12. The summed E-state index contributed by atoms with van der Waals surface area (Å²) in [4.78, 5) is 63.5. The Balaban J connectivity index is 1.94. The van der Waals surface area contributed by atoms with Gasteiger partial charge in [-0.1, -0.05) is 0 Å². The summed E-state index contributed by atoms with van der Waals surface area (Å²) in [6.45, 7) is 1.69. The van der Waals surface area contributed by atoms with Crippen LogP contribution in [0.5, 0.6) is 0 Å². The summed E-state index contributed by atoms with van der Waals surface area (Å²) in [7, 11) is 0. The lowest BCUT2D eigenvalue weighted by atomic mass is 10.1. The number of hydrogen-bond acceptors (Lipinski definition) is 6. The normalized spacial score (nSPS) is 11.4. The largest absolute Gasteiger partial charge is 0.481 e. The molecule has 1 aromatic carbocycles.